The Morgan fingerprint density at radius 2 is 1.60 bits per heavy atom. The summed E-state index contributed by atoms with van der Waals surface area (Å²) in [5, 5.41) is 7.30. The minimum Gasteiger partial charge on any atom is -0.493 e. The predicted octanol–water partition coefficient (Wildman–Crippen LogP) is 6.48. The first kappa shape index (κ1) is 30.2. The number of nitrogens with zero attached hydrogens (tertiary/aromatic N) is 5. The van der Waals surface area contributed by atoms with Crippen LogP contribution in [0.4, 0.5) is 5.69 Å². The Kier molecular flexibility index (Phi) is 8.24. The quantitative estimate of drug-likeness (QED) is 0.208. The molecule has 9 nitrogen and oxygen atoms in total. The summed E-state index contributed by atoms with van der Waals surface area (Å²) >= 11 is 1.43. The topological polar surface area (TPSA) is 84.3 Å². The van der Waals surface area contributed by atoms with Crippen LogP contribution in [0.5, 0.6) is 17.2 Å². The fourth-order valence-corrected chi connectivity index (χ4v) is 6.89. The summed E-state index contributed by atoms with van der Waals surface area (Å²) < 4.78 is 22.3. The van der Waals surface area contributed by atoms with Gasteiger partial charge >= 0.3 is 0 Å². The Bertz CT molecular complexity index is 2040. The van der Waals surface area contributed by atoms with Crippen molar-refractivity contribution in [2.24, 2.45) is 17.1 Å². The lowest BCUT2D eigenvalue weighted by Crippen LogP contribution is -2.21. The summed E-state index contributed by atoms with van der Waals surface area (Å²) in [5.41, 5.74) is 9.27. The first-order chi connectivity index (χ1) is 21.7. The van der Waals surface area contributed by atoms with Crippen LogP contribution in [0.2, 0.25) is 0 Å². The number of para-hydroxylation sites is 1. The van der Waals surface area contributed by atoms with Crippen molar-refractivity contribution in [3.05, 3.63) is 103 Å². The first-order valence-electron chi connectivity index (χ1n) is 14.8. The Labute approximate surface area is 266 Å². The standard InChI is InChI=1S/C35H37N5O4S/c1-21-16-22(2)26-14-11-15-28(27(26)17-21)37-39-29(24-18-30(42-5)33(44-7)31(19-24)43-6)20-45-35(39)36-32-23(3)38(4)40(34(32)41)25-12-9-8-10-13-25/h8-10,12-13,16-20H,11,14-15H2,1-7H3. The zero-order valence-electron chi connectivity index (χ0n) is 26.7. The molecule has 0 aliphatic heterocycles. The molecule has 0 spiro atoms. The van der Waals surface area contributed by atoms with Gasteiger partial charge in [-0.2, -0.15) is 5.10 Å². The van der Waals surface area contributed by atoms with Crippen molar-refractivity contribution in [3.63, 3.8) is 0 Å². The van der Waals surface area contributed by atoms with Crippen molar-refractivity contribution in [1.29, 1.82) is 0 Å². The van der Waals surface area contributed by atoms with Gasteiger partial charge in [0.25, 0.3) is 5.56 Å². The number of rotatable bonds is 7. The molecule has 0 saturated heterocycles. The molecule has 0 radical (unpaired) electrons. The smallest absolute Gasteiger partial charge is 0.297 e. The van der Waals surface area contributed by atoms with Gasteiger partial charge in [0.1, 0.15) is 0 Å². The molecular weight excluding hydrogens is 586 g/mol. The molecule has 0 saturated carbocycles. The molecule has 0 amide bonds. The van der Waals surface area contributed by atoms with E-state index < -0.39 is 0 Å². The number of hydrogen-bond donors (Lipinski definition) is 0. The first-order valence-corrected chi connectivity index (χ1v) is 15.7. The summed E-state index contributed by atoms with van der Waals surface area (Å²) in [5.74, 6) is 1.58. The zero-order valence-corrected chi connectivity index (χ0v) is 27.5. The van der Waals surface area contributed by atoms with Crippen LogP contribution in [-0.2, 0) is 13.5 Å². The fourth-order valence-electron chi connectivity index (χ4n) is 6.06. The summed E-state index contributed by atoms with van der Waals surface area (Å²) in [6, 6.07) is 17.9. The molecule has 0 fully saturated rings. The third-order valence-corrected chi connectivity index (χ3v) is 9.18. The number of benzene rings is 3. The maximum atomic E-state index is 13.8. The van der Waals surface area contributed by atoms with Gasteiger partial charge in [-0.15, -0.1) is 11.3 Å². The van der Waals surface area contributed by atoms with Crippen LogP contribution in [0, 0.1) is 20.8 Å². The van der Waals surface area contributed by atoms with E-state index in [2.05, 4.69) is 26.0 Å². The van der Waals surface area contributed by atoms with Gasteiger partial charge in [-0.3, -0.25) is 9.48 Å². The monoisotopic (exact) mass is 623 g/mol. The second-order valence-corrected chi connectivity index (χ2v) is 12.0. The molecule has 1 aliphatic rings. The third-order valence-electron chi connectivity index (χ3n) is 8.37. The summed E-state index contributed by atoms with van der Waals surface area (Å²) in [4.78, 5) is 19.4. The van der Waals surface area contributed by atoms with Crippen molar-refractivity contribution in [1.82, 2.24) is 14.0 Å². The average molecular weight is 624 g/mol. The second-order valence-electron chi connectivity index (χ2n) is 11.2. The fraction of sp³-hybridized carbons (Fsp3) is 0.286. The van der Waals surface area contributed by atoms with Crippen LogP contribution in [0.25, 0.3) is 16.9 Å². The molecular formula is C35H37N5O4S. The average Bonchev–Trinajstić information content (AvgIpc) is 3.53. The van der Waals surface area contributed by atoms with E-state index in [1.54, 1.807) is 26.0 Å². The van der Waals surface area contributed by atoms with E-state index in [9.17, 15) is 4.79 Å². The van der Waals surface area contributed by atoms with Gasteiger partial charge in [0, 0.05) is 23.6 Å². The van der Waals surface area contributed by atoms with Crippen molar-refractivity contribution < 1.29 is 14.2 Å². The molecule has 5 aromatic rings. The highest BCUT2D eigenvalue weighted by molar-refractivity contribution is 7.07. The summed E-state index contributed by atoms with van der Waals surface area (Å²) in [6.07, 6.45) is 2.86. The van der Waals surface area contributed by atoms with Gasteiger partial charge in [0.05, 0.1) is 44.1 Å². The van der Waals surface area contributed by atoms with Gasteiger partial charge in [-0.1, -0.05) is 29.8 Å². The van der Waals surface area contributed by atoms with Crippen molar-refractivity contribution in [3.8, 4) is 34.2 Å². The van der Waals surface area contributed by atoms with E-state index in [4.69, 9.17) is 24.3 Å². The molecule has 2 heterocycles. The van der Waals surface area contributed by atoms with Crippen LogP contribution < -0.4 is 24.6 Å². The molecule has 6 rings (SSSR count). The molecule has 0 bridgehead atoms. The maximum Gasteiger partial charge on any atom is 0.297 e. The molecule has 0 atom stereocenters. The van der Waals surface area contributed by atoms with Crippen LogP contribution in [0.15, 0.2) is 74.9 Å². The molecule has 45 heavy (non-hydrogen) atoms. The Balaban J connectivity index is 1.63. The van der Waals surface area contributed by atoms with Crippen LogP contribution in [0.1, 0.15) is 40.8 Å². The predicted molar refractivity (Wildman–Crippen MR) is 179 cm³/mol. The summed E-state index contributed by atoms with van der Waals surface area (Å²) in [7, 11) is 6.66. The Morgan fingerprint density at radius 1 is 0.889 bits per heavy atom. The van der Waals surface area contributed by atoms with Crippen molar-refractivity contribution in [2.75, 3.05) is 21.3 Å². The van der Waals surface area contributed by atoms with Crippen LogP contribution in [0.3, 0.4) is 0 Å². The number of aromatic nitrogens is 3. The van der Waals surface area contributed by atoms with Gasteiger partial charge in [0.15, 0.2) is 17.2 Å². The van der Waals surface area contributed by atoms with E-state index in [1.165, 1.54) is 33.6 Å². The van der Waals surface area contributed by atoms with E-state index in [1.807, 2.05) is 71.2 Å². The Hall–Kier alpha value is -4.83. The number of thiazole rings is 1. The van der Waals surface area contributed by atoms with Gasteiger partial charge in [-0.05, 0) is 81.5 Å². The number of methoxy groups -OCH3 is 3. The van der Waals surface area contributed by atoms with Gasteiger partial charge < -0.3 is 14.2 Å². The van der Waals surface area contributed by atoms with E-state index in [-0.39, 0.29) is 5.56 Å². The lowest BCUT2D eigenvalue weighted by Gasteiger charge is -2.21. The lowest BCUT2D eigenvalue weighted by atomic mass is 9.86. The van der Waals surface area contributed by atoms with Gasteiger partial charge in [0.2, 0.25) is 10.6 Å². The third kappa shape index (κ3) is 5.39. The van der Waals surface area contributed by atoms with E-state index in [0.717, 1.165) is 47.6 Å². The van der Waals surface area contributed by atoms with Gasteiger partial charge in [-0.25, -0.2) is 14.4 Å². The molecule has 2 aromatic heterocycles. The number of fused-ring (bicyclic) bond motifs is 1. The minimum absolute atomic E-state index is 0.197. The highest BCUT2D eigenvalue weighted by atomic mass is 32.1. The van der Waals surface area contributed by atoms with E-state index >= 15 is 0 Å². The number of aryl methyl sites for hydroxylation is 2. The van der Waals surface area contributed by atoms with E-state index in [0.29, 0.717) is 27.7 Å². The molecule has 0 unspecified atom stereocenters. The highest BCUT2D eigenvalue weighted by Crippen LogP contribution is 2.41. The Morgan fingerprint density at radius 3 is 2.27 bits per heavy atom. The zero-order chi connectivity index (χ0) is 31.8. The number of ether oxygens (including phenoxy) is 3. The highest BCUT2D eigenvalue weighted by Gasteiger charge is 2.22. The SMILES string of the molecule is COc1cc(-c2csc(=Nc3c(C)n(C)n(-c4ccccc4)c3=O)n2N=C2CCCc3c(C)cc(C)cc32)cc(OC)c1OC. The molecule has 0 N–H and O–H groups in total. The molecule has 232 valence electrons. The molecule has 3 aromatic carbocycles. The largest absolute Gasteiger partial charge is 0.493 e. The lowest BCUT2D eigenvalue weighted by molar-refractivity contribution is 0.324. The van der Waals surface area contributed by atoms with Crippen LogP contribution in [-0.4, -0.2) is 41.1 Å². The summed E-state index contributed by atoms with van der Waals surface area (Å²) in [6.45, 7) is 6.20. The maximum absolute atomic E-state index is 13.8. The molecule has 1 aliphatic carbocycles. The van der Waals surface area contributed by atoms with Crippen molar-refractivity contribution >= 4 is 22.7 Å². The minimum atomic E-state index is -0.197. The van der Waals surface area contributed by atoms with Crippen molar-refractivity contribution in [2.45, 2.75) is 40.0 Å². The number of hydrogen-bond acceptors (Lipinski definition) is 7. The molecule has 10 heteroatoms. The van der Waals surface area contributed by atoms with Crippen LogP contribution >= 0.6 is 11.3 Å². The normalized spacial score (nSPS) is 14.1. The second kappa shape index (κ2) is 12.3.